The minimum absolute atomic E-state index is 0.728. The van der Waals surface area contributed by atoms with Crippen LogP contribution in [0.15, 0.2) is 30.3 Å². The zero-order valence-corrected chi connectivity index (χ0v) is 10.6. The Balaban J connectivity index is 2.73. The molecular weight excluding hydrogens is 214 g/mol. The molecule has 1 rings (SSSR count). The number of carboxylic acid groups (broad SMARTS) is 1. The zero-order valence-electron chi connectivity index (χ0n) is 10.6. The summed E-state index contributed by atoms with van der Waals surface area (Å²) in [5, 5.41) is 12.5. The highest BCUT2D eigenvalue weighted by molar-refractivity contribution is 5.80. The van der Waals surface area contributed by atoms with Crippen LogP contribution in [-0.4, -0.2) is 17.6 Å². The van der Waals surface area contributed by atoms with Crippen molar-refractivity contribution in [2.45, 2.75) is 38.6 Å². The van der Waals surface area contributed by atoms with Crippen molar-refractivity contribution in [2.75, 3.05) is 6.54 Å². The first-order chi connectivity index (χ1) is 8.11. The summed E-state index contributed by atoms with van der Waals surface area (Å²) in [6.07, 6.45) is 3.26. The van der Waals surface area contributed by atoms with Gasteiger partial charge in [-0.2, -0.15) is 0 Å². The molecule has 0 spiro atoms. The Kier molecular flexibility index (Phi) is 5.16. The molecule has 0 aliphatic heterocycles. The molecule has 0 bridgehead atoms. The van der Waals surface area contributed by atoms with Crippen LogP contribution in [0.5, 0.6) is 0 Å². The highest BCUT2D eigenvalue weighted by Crippen LogP contribution is 2.20. The summed E-state index contributed by atoms with van der Waals surface area (Å²) in [5.74, 6) is -0.833. The van der Waals surface area contributed by atoms with E-state index in [0.29, 0.717) is 0 Å². The predicted molar refractivity (Wildman–Crippen MR) is 69.0 cm³/mol. The van der Waals surface area contributed by atoms with Crippen molar-refractivity contribution in [1.82, 2.24) is 5.32 Å². The highest BCUT2D eigenvalue weighted by Gasteiger charge is 2.34. The lowest BCUT2D eigenvalue weighted by Gasteiger charge is -2.27. The van der Waals surface area contributed by atoms with E-state index in [1.807, 2.05) is 30.3 Å². The summed E-state index contributed by atoms with van der Waals surface area (Å²) in [6, 6.07) is 9.32. The third-order valence-electron chi connectivity index (χ3n) is 3.04. The SMILES string of the molecule is CCCCCNC(C)(C(=O)O)c1ccccc1. The number of hydrogen-bond donors (Lipinski definition) is 2. The first-order valence-corrected chi connectivity index (χ1v) is 6.15. The van der Waals surface area contributed by atoms with E-state index in [1.54, 1.807) is 6.92 Å². The van der Waals surface area contributed by atoms with E-state index < -0.39 is 11.5 Å². The van der Waals surface area contributed by atoms with Crippen LogP contribution in [0.25, 0.3) is 0 Å². The second kappa shape index (κ2) is 6.40. The molecule has 0 amide bonds. The standard InChI is InChI=1S/C14H21NO2/c1-3-4-8-11-15-14(2,13(16)17)12-9-6-5-7-10-12/h5-7,9-10,15H,3-4,8,11H2,1-2H3,(H,16,17). The quantitative estimate of drug-likeness (QED) is 0.714. The predicted octanol–water partition coefficient (Wildman–Crippen LogP) is 2.77. The van der Waals surface area contributed by atoms with Crippen molar-refractivity contribution >= 4 is 5.97 Å². The number of unbranched alkanes of at least 4 members (excludes halogenated alkanes) is 2. The molecule has 1 atom stereocenters. The largest absolute Gasteiger partial charge is 0.480 e. The van der Waals surface area contributed by atoms with Gasteiger partial charge in [0.2, 0.25) is 0 Å². The average molecular weight is 235 g/mol. The van der Waals surface area contributed by atoms with Crippen molar-refractivity contribution in [1.29, 1.82) is 0 Å². The van der Waals surface area contributed by atoms with Gasteiger partial charge in [0.1, 0.15) is 5.54 Å². The van der Waals surface area contributed by atoms with E-state index in [2.05, 4.69) is 12.2 Å². The third-order valence-corrected chi connectivity index (χ3v) is 3.04. The molecule has 0 aromatic heterocycles. The second-order valence-electron chi connectivity index (χ2n) is 4.43. The molecule has 0 fully saturated rings. The molecule has 0 saturated heterocycles. The zero-order chi connectivity index (χ0) is 12.7. The van der Waals surface area contributed by atoms with Crippen molar-refractivity contribution in [3.05, 3.63) is 35.9 Å². The highest BCUT2D eigenvalue weighted by atomic mass is 16.4. The van der Waals surface area contributed by atoms with Crippen LogP contribution >= 0.6 is 0 Å². The third kappa shape index (κ3) is 3.56. The molecule has 94 valence electrons. The molecule has 0 saturated carbocycles. The van der Waals surface area contributed by atoms with Crippen molar-refractivity contribution < 1.29 is 9.90 Å². The number of nitrogens with one attached hydrogen (secondary N) is 1. The molecule has 17 heavy (non-hydrogen) atoms. The van der Waals surface area contributed by atoms with Crippen LogP contribution in [0.1, 0.15) is 38.7 Å². The summed E-state index contributed by atoms with van der Waals surface area (Å²) < 4.78 is 0. The van der Waals surface area contributed by atoms with Gasteiger partial charge in [-0.15, -0.1) is 0 Å². The average Bonchev–Trinajstić information content (AvgIpc) is 2.35. The van der Waals surface area contributed by atoms with E-state index >= 15 is 0 Å². The van der Waals surface area contributed by atoms with Gasteiger partial charge in [-0.3, -0.25) is 5.32 Å². The Labute approximate surface area is 103 Å². The number of carboxylic acids is 1. The van der Waals surface area contributed by atoms with Crippen molar-refractivity contribution in [3.63, 3.8) is 0 Å². The first kappa shape index (κ1) is 13.7. The van der Waals surface area contributed by atoms with E-state index in [-0.39, 0.29) is 0 Å². The number of hydrogen-bond acceptors (Lipinski definition) is 2. The summed E-state index contributed by atoms with van der Waals surface area (Å²) in [6.45, 7) is 4.58. The molecule has 0 heterocycles. The maximum Gasteiger partial charge on any atom is 0.328 e. The molecule has 1 aromatic carbocycles. The van der Waals surface area contributed by atoms with Crippen LogP contribution < -0.4 is 5.32 Å². The maximum atomic E-state index is 11.4. The fraction of sp³-hybridized carbons (Fsp3) is 0.500. The number of rotatable bonds is 7. The Morgan fingerprint density at radius 2 is 1.94 bits per heavy atom. The Morgan fingerprint density at radius 1 is 1.29 bits per heavy atom. The number of benzene rings is 1. The Bertz CT molecular complexity index is 350. The smallest absolute Gasteiger partial charge is 0.328 e. The summed E-state index contributed by atoms with van der Waals surface area (Å²) >= 11 is 0. The van der Waals surface area contributed by atoms with Crippen LogP contribution in [0, 0.1) is 0 Å². The van der Waals surface area contributed by atoms with Crippen LogP contribution in [-0.2, 0) is 10.3 Å². The van der Waals surface area contributed by atoms with E-state index in [0.717, 1.165) is 31.4 Å². The fourth-order valence-corrected chi connectivity index (χ4v) is 1.79. The molecule has 0 radical (unpaired) electrons. The number of aliphatic carboxylic acids is 1. The summed E-state index contributed by atoms with van der Waals surface area (Å²) in [5.41, 5.74) is -0.196. The molecule has 0 aliphatic carbocycles. The summed E-state index contributed by atoms with van der Waals surface area (Å²) in [7, 11) is 0. The van der Waals surface area contributed by atoms with Crippen molar-refractivity contribution in [3.8, 4) is 0 Å². The van der Waals surface area contributed by atoms with Crippen LogP contribution in [0.4, 0.5) is 0 Å². The molecule has 0 aliphatic rings. The van der Waals surface area contributed by atoms with Gasteiger partial charge >= 0.3 is 5.97 Å². The normalized spacial score (nSPS) is 14.2. The molecule has 3 nitrogen and oxygen atoms in total. The van der Waals surface area contributed by atoms with Gasteiger partial charge in [0.05, 0.1) is 0 Å². The van der Waals surface area contributed by atoms with E-state index in [9.17, 15) is 9.90 Å². The molecule has 2 N–H and O–H groups in total. The van der Waals surface area contributed by atoms with E-state index in [1.165, 1.54) is 0 Å². The lowest BCUT2D eigenvalue weighted by Crippen LogP contribution is -2.47. The second-order valence-corrected chi connectivity index (χ2v) is 4.43. The minimum atomic E-state index is -0.991. The lowest BCUT2D eigenvalue weighted by molar-refractivity contribution is -0.144. The topological polar surface area (TPSA) is 49.3 Å². The van der Waals surface area contributed by atoms with Crippen LogP contribution in [0.3, 0.4) is 0 Å². The monoisotopic (exact) mass is 235 g/mol. The van der Waals surface area contributed by atoms with Gasteiger partial charge in [-0.05, 0) is 25.5 Å². The number of carbonyl (C=O) groups is 1. The van der Waals surface area contributed by atoms with Gasteiger partial charge < -0.3 is 5.11 Å². The molecule has 3 heteroatoms. The molecule has 1 aromatic rings. The van der Waals surface area contributed by atoms with Gasteiger partial charge in [-0.1, -0.05) is 50.1 Å². The lowest BCUT2D eigenvalue weighted by atomic mass is 9.92. The molecular formula is C14H21NO2. The van der Waals surface area contributed by atoms with Crippen LogP contribution in [0.2, 0.25) is 0 Å². The van der Waals surface area contributed by atoms with Crippen molar-refractivity contribution in [2.24, 2.45) is 0 Å². The fourth-order valence-electron chi connectivity index (χ4n) is 1.79. The molecule has 1 unspecified atom stereocenters. The van der Waals surface area contributed by atoms with Gasteiger partial charge in [0, 0.05) is 0 Å². The Hall–Kier alpha value is -1.35. The van der Waals surface area contributed by atoms with Gasteiger partial charge in [-0.25, -0.2) is 4.79 Å². The van der Waals surface area contributed by atoms with Gasteiger partial charge in [0.25, 0.3) is 0 Å². The summed E-state index contributed by atoms with van der Waals surface area (Å²) in [4.78, 5) is 11.4. The Morgan fingerprint density at radius 3 is 2.47 bits per heavy atom. The maximum absolute atomic E-state index is 11.4. The van der Waals surface area contributed by atoms with Gasteiger partial charge in [0.15, 0.2) is 0 Å². The first-order valence-electron chi connectivity index (χ1n) is 6.15. The minimum Gasteiger partial charge on any atom is -0.480 e. The van der Waals surface area contributed by atoms with E-state index in [4.69, 9.17) is 0 Å².